The van der Waals surface area contributed by atoms with E-state index >= 15 is 0 Å². The second kappa shape index (κ2) is 9.14. The van der Waals surface area contributed by atoms with Crippen molar-refractivity contribution in [3.63, 3.8) is 0 Å². The number of nitrogens with zero attached hydrogens (tertiary/aromatic N) is 3. The van der Waals surface area contributed by atoms with E-state index in [4.69, 9.17) is 9.72 Å². The van der Waals surface area contributed by atoms with Crippen molar-refractivity contribution < 1.29 is 9.53 Å². The van der Waals surface area contributed by atoms with Gasteiger partial charge < -0.3 is 9.64 Å². The number of aromatic nitrogens is 1. The van der Waals surface area contributed by atoms with Crippen LogP contribution in [0, 0.1) is 0 Å². The molecule has 1 saturated heterocycles. The summed E-state index contributed by atoms with van der Waals surface area (Å²) >= 11 is 1.70. The fraction of sp³-hybridized carbons (Fsp3) is 0.500. The van der Waals surface area contributed by atoms with Gasteiger partial charge in [0.1, 0.15) is 10.8 Å². The fourth-order valence-electron chi connectivity index (χ4n) is 3.13. The van der Waals surface area contributed by atoms with Crippen LogP contribution in [0.4, 0.5) is 0 Å². The molecular formula is C20H27N3O2S. The molecule has 0 N–H and O–H groups in total. The molecule has 1 aliphatic heterocycles. The molecule has 0 atom stereocenters. The van der Waals surface area contributed by atoms with Crippen molar-refractivity contribution in [3.8, 4) is 17.0 Å². The predicted octanol–water partition coefficient (Wildman–Crippen LogP) is 3.65. The van der Waals surface area contributed by atoms with Crippen LogP contribution in [0.1, 0.15) is 31.2 Å². The summed E-state index contributed by atoms with van der Waals surface area (Å²) in [6, 6.07) is 8.00. The Bertz CT molecular complexity index is 723. The molecule has 3 rings (SSSR count). The van der Waals surface area contributed by atoms with Crippen LogP contribution in [0.2, 0.25) is 0 Å². The van der Waals surface area contributed by atoms with E-state index in [9.17, 15) is 4.79 Å². The number of methoxy groups -OCH3 is 1. The number of hydrogen-bond donors (Lipinski definition) is 0. The van der Waals surface area contributed by atoms with E-state index in [2.05, 4.69) is 23.3 Å². The molecule has 1 aromatic carbocycles. The summed E-state index contributed by atoms with van der Waals surface area (Å²) in [6.45, 7) is 6.48. The van der Waals surface area contributed by atoms with Gasteiger partial charge in [-0.25, -0.2) is 4.98 Å². The summed E-state index contributed by atoms with van der Waals surface area (Å²) in [6.07, 6.45) is 2.75. The largest absolute Gasteiger partial charge is 0.497 e. The maximum Gasteiger partial charge on any atom is 0.222 e. The molecule has 0 saturated carbocycles. The van der Waals surface area contributed by atoms with Crippen molar-refractivity contribution in [2.24, 2.45) is 0 Å². The third-order valence-corrected chi connectivity index (χ3v) is 5.58. The van der Waals surface area contributed by atoms with Crippen LogP contribution >= 0.6 is 11.3 Å². The number of ether oxygens (including phenoxy) is 1. The Balaban J connectivity index is 1.53. The zero-order valence-electron chi connectivity index (χ0n) is 15.6. The van der Waals surface area contributed by atoms with Crippen molar-refractivity contribution in [3.05, 3.63) is 34.7 Å². The highest BCUT2D eigenvalue weighted by molar-refractivity contribution is 7.09. The average molecular weight is 374 g/mol. The van der Waals surface area contributed by atoms with Gasteiger partial charge in [-0.05, 0) is 18.6 Å². The summed E-state index contributed by atoms with van der Waals surface area (Å²) in [7, 11) is 1.68. The van der Waals surface area contributed by atoms with Gasteiger partial charge >= 0.3 is 0 Å². The van der Waals surface area contributed by atoms with Crippen LogP contribution in [0.15, 0.2) is 29.6 Å². The van der Waals surface area contributed by atoms with Gasteiger partial charge in [-0.1, -0.05) is 25.5 Å². The van der Waals surface area contributed by atoms with Crippen molar-refractivity contribution in [2.75, 3.05) is 33.3 Å². The van der Waals surface area contributed by atoms with Gasteiger partial charge in [0.05, 0.1) is 19.3 Å². The number of carbonyl (C=O) groups excluding carboxylic acids is 1. The minimum absolute atomic E-state index is 0.307. The molecule has 0 radical (unpaired) electrons. The van der Waals surface area contributed by atoms with Gasteiger partial charge in [0, 0.05) is 43.5 Å². The lowest BCUT2D eigenvalue weighted by Crippen LogP contribution is -2.48. The number of rotatable bonds is 7. The van der Waals surface area contributed by atoms with Crippen LogP contribution in [-0.2, 0) is 11.3 Å². The molecular weight excluding hydrogens is 346 g/mol. The van der Waals surface area contributed by atoms with Crippen LogP contribution in [0.3, 0.4) is 0 Å². The first-order valence-corrected chi connectivity index (χ1v) is 10.2. The van der Waals surface area contributed by atoms with Crippen LogP contribution in [0.25, 0.3) is 11.3 Å². The molecule has 0 spiro atoms. The summed E-state index contributed by atoms with van der Waals surface area (Å²) in [5.41, 5.74) is 2.08. The Hall–Kier alpha value is -1.92. The van der Waals surface area contributed by atoms with Gasteiger partial charge in [0.2, 0.25) is 5.91 Å². The SMILES string of the molecule is CCCCC(=O)N1CCN(Cc2nc(-c3cccc(OC)c3)cs2)CC1. The topological polar surface area (TPSA) is 45.7 Å². The first kappa shape index (κ1) is 18.9. The molecule has 0 bridgehead atoms. The first-order valence-electron chi connectivity index (χ1n) is 9.28. The third kappa shape index (κ3) is 4.83. The number of unbranched alkanes of at least 4 members (excludes halogenated alkanes) is 1. The lowest BCUT2D eigenvalue weighted by Gasteiger charge is -2.34. The van der Waals surface area contributed by atoms with E-state index < -0.39 is 0 Å². The lowest BCUT2D eigenvalue weighted by atomic mass is 10.2. The van der Waals surface area contributed by atoms with E-state index in [1.165, 1.54) is 0 Å². The normalized spacial score (nSPS) is 15.2. The van der Waals surface area contributed by atoms with E-state index in [1.54, 1.807) is 18.4 Å². The molecule has 140 valence electrons. The highest BCUT2D eigenvalue weighted by Crippen LogP contribution is 2.26. The number of amides is 1. The smallest absolute Gasteiger partial charge is 0.222 e. The third-order valence-electron chi connectivity index (χ3n) is 4.75. The van der Waals surface area contributed by atoms with E-state index in [0.29, 0.717) is 12.3 Å². The lowest BCUT2D eigenvalue weighted by molar-refractivity contribution is -0.133. The zero-order valence-corrected chi connectivity index (χ0v) is 16.4. The molecule has 0 aliphatic carbocycles. The number of carbonyl (C=O) groups is 1. The van der Waals surface area contributed by atoms with Gasteiger partial charge in [-0.15, -0.1) is 11.3 Å². The fourth-order valence-corrected chi connectivity index (χ4v) is 3.98. The first-order chi connectivity index (χ1) is 12.7. The minimum atomic E-state index is 0.307. The zero-order chi connectivity index (χ0) is 18.4. The van der Waals surface area contributed by atoms with E-state index in [-0.39, 0.29) is 0 Å². The number of benzene rings is 1. The Morgan fingerprint density at radius 3 is 2.81 bits per heavy atom. The highest BCUT2D eigenvalue weighted by atomic mass is 32.1. The Morgan fingerprint density at radius 2 is 2.08 bits per heavy atom. The summed E-state index contributed by atoms with van der Waals surface area (Å²) in [5.74, 6) is 1.15. The number of hydrogen-bond acceptors (Lipinski definition) is 5. The molecule has 2 aromatic rings. The number of thiazole rings is 1. The Labute approximate surface area is 159 Å². The van der Waals surface area contributed by atoms with Crippen molar-refractivity contribution in [1.82, 2.24) is 14.8 Å². The second-order valence-electron chi connectivity index (χ2n) is 6.62. The monoisotopic (exact) mass is 373 g/mol. The average Bonchev–Trinajstić information content (AvgIpc) is 3.15. The van der Waals surface area contributed by atoms with Crippen molar-refractivity contribution in [2.45, 2.75) is 32.7 Å². The van der Waals surface area contributed by atoms with Crippen LogP contribution in [-0.4, -0.2) is 54.0 Å². The second-order valence-corrected chi connectivity index (χ2v) is 7.56. The predicted molar refractivity (Wildman–Crippen MR) is 105 cm³/mol. The quantitative estimate of drug-likeness (QED) is 0.743. The number of piperazine rings is 1. The van der Waals surface area contributed by atoms with E-state index in [0.717, 1.165) is 67.6 Å². The van der Waals surface area contributed by atoms with Crippen molar-refractivity contribution >= 4 is 17.2 Å². The molecule has 6 heteroatoms. The minimum Gasteiger partial charge on any atom is -0.497 e. The molecule has 1 aromatic heterocycles. The molecule has 1 fully saturated rings. The summed E-state index contributed by atoms with van der Waals surface area (Å²) in [5, 5.41) is 3.22. The molecule has 0 unspecified atom stereocenters. The Morgan fingerprint density at radius 1 is 1.27 bits per heavy atom. The molecule has 2 heterocycles. The maximum absolute atomic E-state index is 12.1. The Kier molecular flexibility index (Phi) is 6.63. The molecule has 5 nitrogen and oxygen atoms in total. The summed E-state index contributed by atoms with van der Waals surface area (Å²) < 4.78 is 5.29. The van der Waals surface area contributed by atoms with Gasteiger partial charge in [-0.3, -0.25) is 9.69 Å². The van der Waals surface area contributed by atoms with Gasteiger partial charge in [0.25, 0.3) is 0 Å². The van der Waals surface area contributed by atoms with Crippen LogP contribution < -0.4 is 4.74 Å². The van der Waals surface area contributed by atoms with Crippen LogP contribution in [0.5, 0.6) is 5.75 Å². The standard InChI is InChI=1S/C20H27N3O2S/c1-3-4-8-20(24)23-11-9-22(10-12-23)14-19-21-18(15-26-19)16-6-5-7-17(13-16)25-2/h5-7,13,15H,3-4,8-12,14H2,1-2H3. The van der Waals surface area contributed by atoms with Gasteiger partial charge in [-0.2, -0.15) is 0 Å². The summed E-state index contributed by atoms with van der Waals surface area (Å²) in [4.78, 5) is 21.3. The molecule has 1 aliphatic rings. The maximum atomic E-state index is 12.1. The molecule has 1 amide bonds. The van der Waals surface area contributed by atoms with Gasteiger partial charge in [0.15, 0.2) is 0 Å². The highest BCUT2D eigenvalue weighted by Gasteiger charge is 2.21. The van der Waals surface area contributed by atoms with Crippen molar-refractivity contribution in [1.29, 1.82) is 0 Å². The molecule has 26 heavy (non-hydrogen) atoms. The van der Waals surface area contributed by atoms with E-state index in [1.807, 2.05) is 23.1 Å².